The zero-order chi connectivity index (χ0) is 17.4. The van der Waals surface area contributed by atoms with Crippen LogP contribution in [-0.4, -0.2) is 27.6 Å². The highest BCUT2D eigenvalue weighted by atomic mass is 35.5. The number of carbonyl (C=O) groups excluding carboxylic acids is 1. The number of nitrogens with one attached hydrogen (secondary N) is 1. The lowest BCUT2D eigenvalue weighted by atomic mass is 10.1. The van der Waals surface area contributed by atoms with Gasteiger partial charge < -0.3 is 4.74 Å². The number of carbonyl (C=O) groups is 1. The van der Waals surface area contributed by atoms with Crippen LogP contribution in [0.1, 0.15) is 13.8 Å². The van der Waals surface area contributed by atoms with Gasteiger partial charge in [-0.05, 0) is 24.1 Å². The van der Waals surface area contributed by atoms with Crippen molar-refractivity contribution < 1.29 is 13.9 Å². The molecule has 2 rings (SSSR count). The van der Waals surface area contributed by atoms with Crippen molar-refractivity contribution in [2.24, 2.45) is 5.92 Å². The van der Waals surface area contributed by atoms with Gasteiger partial charge >= 0.3 is 9.95 Å². The van der Waals surface area contributed by atoms with E-state index in [0.717, 1.165) is 4.41 Å². The largest absolute Gasteiger partial charge is 0.495 e. The number of nitrogens with zero attached hydrogens (tertiary/aromatic N) is 2. The summed E-state index contributed by atoms with van der Waals surface area (Å²) in [5, 5.41) is 0.362. The molecule has 0 spiro atoms. The number of hydrogen-bond donors (Lipinski definition) is 1. The van der Waals surface area contributed by atoms with Crippen LogP contribution < -0.4 is 15.1 Å². The highest BCUT2D eigenvalue weighted by molar-refractivity contribution is 8.01. The molecule has 1 saturated heterocycles. The average molecular weight is 403 g/mol. The molecule has 0 saturated carbocycles. The van der Waals surface area contributed by atoms with Crippen LogP contribution in [0.15, 0.2) is 18.2 Å². The van der Waals surface area contributed by atoms with E-state index in [-0.39, 0.29) is 5.92 Å². The van der Waals surface area contributed by atoms with Crippen molar-refractivity contribution in [3.05, 3.63) is 23.2 Å². The minimum absolute atomic E-state index is 0.0325. The molecule has 1 atom stereocenters. The second-order valence-electron chi connectivity index (χ2n) is 5.12. The van der Waals surface area contributed by atoms with E-state index < -0.39 is 16.1 Å². The molecule has 128 valence electrons. The molecule has 1 aromatic rings. The number of hydrazine groups is 1. The molecule has 0 bridgehead atoms. The van der Waals surface area contributed by atoms with Crippen LogP contribution in [0.5, 0.6) is 5.75 Å². The number of methoxy groups -OCH3 is 1. The standard InChI is InChI=1S/C13H15Cl3FN3O2S/c1-7(2)11-18-20(23-13(15,16)17)12(21)19(11)8-4-5-10(22-3)9(14)6-8/h4-7,11,18H,1-3H3. The van der Waals surface area contributed by atoms with E-state index in [9.17, 15) is 9.18 Å². The Kier molecular flexibility index (Phi) is 5.79. The lowest BCUT2D eigenvalue weighted by Gasteiger charge is -2.25. The number of anilines is 1. The zero-order valence-corrected chi connectivity index (χ0v) is 15.6. The van der Waals surface area contributed by atoms with Crippen LogP contribution in [0.3, 0.4) is 0 Å². The number of rotatable bonds is 5. The monoisotopic (exact) mass is 401 g/mol. The fourth-order valence-corrected chi connectivity index (χ4v) is 3.34. The van der Waals surface area contributed by atoms with Gasteiger partial charge in [0.25, 0.3) is 0 Å². The molecule has 1 aliphatic heterocycles. The summed E-state index contributed by atoms with van der Waals surface area (Å²) in [5.41, 5.74) is 3.43. The van der Waals surface area contributed by atoms with Crippen LogP contribution in [0.2, 0.25) is 5.02 Å². The maximum Gasteiger partial charge on any atom is 0.350 e. The molecule has 10 heteroatoms. The summed E-state index contributed by atoms with van der Waals surface area (Å²) in [7, 11) is 1.50. The Balaban J connectivity index is 2.34. The number of alkyl halides is 3. The van der Waals surface area contributed by atoms with Crippen molar-refractivity contribution in [1.29, 1.82) is 0 Å². The molecule has 0 radical (unpaired) electrons. The predicted octanol–water partition coefficient (Wildman–Crippen LogP) is 4.78. The summed E-state index contributed by atoms with van der Waals surface area (Å²) in [4.78, 5) is 14.0. The first kappa shape index (κ1) is 18.7. The van der Waals surface area contributed by atoms with Crippen molar-refractivity contribution in [1.82, 2.24) is 9.84 Å². The molecular weight excluding hydrogens is 388 g/mol. The summed E-state index contributed by atoms with van der Waals surface area (Å²) in [5.74, 6) is 0.525. The van der Waals surface area contributed by atoms with Gasteiger partial charge in [0, 0.05) is 17.6 Å². The van der Waals surface area contributed by atoms with E-state index in [1.807, 2.05) is 13.8 Å². The minimum Gasteiger partial charge on any atom is -0.495 e. The quantitative estimate of drug-likeness (QED) is 0.568. The molecule has 23 heavy (non-hydrogen) atoms. The Morgan fingerprint density at radius 3 is 2.57 bits per heavy atom. The first-order chi connectivity index (χ1) is 10.6. The van der Waals surface area contributed by atoms with E-state index in [2.05, 4.69) is 5.43 Å². The smallest absolute Gasteiger partial charge is 0.350 e. The molecule has 1 unspecified atom stereocenters. The van der Waals surface area contributed by atoms with Crippen molar-refractivity contribution in [2.45, 2.75) is 23.9 Å². The molecule has 1 fully saturated rings. The Labute approximate surface area is 153 Å². The number of ether oxygens (including phenoxy) is 1. The normalized spacial score (nSPS) is 19.0. The Morgan fingerprint density at radius 1 is 1.43 bits per heavy atom. The lowest BCUT2D eigenvalue weighted by Crippen LogP contribution is -2.41. The van der Waals surface area contributed by atoms with E-state index in [1.54, 1.807) is 18.2 Å². The molecule has 0 aliphatic carbocycles. The average Bonchev–Trinajstić information content (AvgIpc) is 2.74. The second kappa shape index (κ2) is 7.11. The van der Waals surface area contributed by atoms with Gasteiger partial charge in [0.15, 0.2) is 0 Å². The highest BCUT2D eigenvalue weighted by Crippen LogP contribution is 2.41. The number of halogens is 4. The van der Waals surface area contributed by atoms with Gasteiger partial charge in [0.05, 0.1) is 12.1 Å². The number of hydrogen-bond acceptors (Lipinski definition) is 4. The summed E-state index contributed by atoms with van der Waals surface area (Å²) >= 11 is 17.1. The molecule has 1 N–H and O–H groups in total. The van der Waals surface area contributed by atoms with E-state index in [1.165, 1.54) is 12.0 Å². The van der Waals surface area contributed by atoms with Gasteiger partial charge in [0.2, 0.25) is 0 Å². The summed E-state index contributed by atoms with van der Waals surface area (Å²) in [6.45, 7) is 3.84. The fourth-order valence-electron chi connectivity index (χ4n) is 2.14. The Morgan fingerprint density at radius 2 is 2.09 bits per heavy atom. The van der Waals surface area contributed by atoms with Gasteiger partial charge in [-0.25, -0.2) is 4.79 Å². The Hall–Kier alpha value is -0.600. The molecule has 1 heterocycles. The zero-order valence-electron chi connectivity index (χ0n) is 12.5. The molecule has 5 nitrogen and oxygen atoms in total. The highest BCUT2D eigenvalue weighted by Gasteiger charge is 2.44. The SMILES string of the molecule is COc1ccc(N2C(=O)N(SC(F)(Cl)Cl)NC2C(C)C)cc1Cl. The lowest BCUT2D eigenvalue weighted by molar-refractivity contribution is 0.235. The van der Waals surface area contributed by atoms with Crippen LogP contribution in [0, 0.1) is 5.92 Å². The molecule has 0 aromatic heterocycles. The van der Waals surface area contributed by atoms with Crippen LogP contribution >= 0.6 is 46.8 Å². The first-order valence-electron chi connectivity index (χ1n) is 6.63. The molecule has 1 aliphatic rings. The van der Waals surface area contributed by atoms with Crippen molar-refractivity contribution in [2.75, 3.05) is 12.0 Å². The molecule has 2 amide bonds. The van der Waals surface area contributed by atoms with Gasteiger partial charge in [-0.2, -0.15) is 14.2 Å². The van der Waals surface area contributed by atoms with Crippen molar-refractivity contribution >= 4 is 58.5 Å². The first-order valence-corrected chi connectivity index (χ1v) is 8.53. The summed E-state index contributed by atoms with van der Waals surface area (Å²) in [6, 6.07) is 4.45. The second-order valence-corrected chi connectivity index (χ2v) is 8.32. The molecule has 1 aromatic carbocycles. The van der Waals surface area contributed by atoms with Crippen LogP contribution in [0.25, 0.3) is 0 Å². The molecular formula is C13H15Cl3FN3O2S. The number of urea groups is 1. The summed E-state index contributed by atoms with van der Waals surface area (Å²) in [6.07, 6.45) is -0.407. The van der Waals surface area contributed by atoms with Gasteiger partial charge in [-0.15, -0.1) is 0 Å². The number of amides is 2. The van der Waals surface area contributed by atoms with E-state index in [0.29, 0.717) is 28.4 Å². The van der Waals surface area contributed by atoms with Gasteiger partial charge in [-0.3, -0.25) is 4.90 Å². The summed E-state index contributed by atoms with van der Waals surface area (Å²) < 4.78 is 16.9. The van der Waals surface area contributed by atoms with E-state index in [4.69, 9.17) is 39.5 Å². The maximum absolute atomic E-state index is 13.4. The van der Waals surface area contributed by atoms with Gasteiger partial charge in [-0.1, -0.05) is 48.7 Å². The van der Waals surface area contributed by atoms with Crippen molar-refractivity contribution in [3.8, 4) is 5.75 Å². The Bertz CT molecular complexity index is 600. The van der Waals surface area contributed by atoms with Gasteiger partial charge in [0.1, 0.15) is 11.9 Å². The van der Waals surface area contributed by atoms with Crippen LogP contribution in [-0.2, 0) is 0 Å². The third kappa shape index (κ3) is 4.28. The van der Waals surface area contributed by atoms with E-state index >= 15 is 0 Å². The third-order valence-corrected chi connectivity index (χ3v) is 4.51. The predicted molar refractivity (Wildman–Crippen MR) is 92.6 cm³/mol. The van der Waals surface area contributed by atoms with Crippen molar-refractivity contribution in [3.63, 3.8) is 0 Å². The minimum atomic E-state index is -2.63. The fraction of sp³-hybridized carbons (Fsp3) is 0.462. The number of benzene rings is 1. The third-order valence-electron chi connectivity index (χ3n) is 3.15. The topological polar surface area (TPSA) is 44.8 Å². The van der Waals surface area contributed by atoms with Crippen LogP contribution in [0.4, 0.5) is 14.9 Å². The maximum atomic E-state index is 13.4.